The van der Waals surface area contributed by atoms with Gasteiger partial charge in [-0.3, -0.25) is 9.59 Å². The topological polar surface area (TPSA) is 54.4 Å². The number of ketones is 1. The van der Waals surface area contributed by atoms with Crippen LogP contribution in [-0.2, 0) is 9.59 Å². The highest BCUT2D eigenvalue weighted by Gasteiger charge is 2.20. The van der Waals surface area contributed by atoms with E-state index in [-0.39, 0.29) is 5.78 Å². The Bertz CT molecular complexity index is 156. The predicted octanol–water partition coefficient (Wildman–Crippen LogP) is 1.13. The lowest BCUT2D eigenvalue weighted by Crippen LogP contribution is -2.23. The molecule has 1 N–H and O–H groups in total. The smallest absolute Gasteiger partial charge is 0.324 e. The second-order valence-corrected chi connectivity index (χ2v) is 2.83. The predicted molar refractivity (Wildman–Crippen MR) is 44.9 cm³/mol. The Morgan fingerprint density at radius 3 is 2.45 bits per heavy atom. The van der Waals surface area contributed by atoms with Crippen LogP contribution < -0.4 is 0 Å². The van der Waals surface area contributed by atoms with E-state index in [9.17, 15) is 9.59 Å². The van der Waals surface area contributed by atoms with E-state index in [1.807, 2.05) is 6.92 Å². The number of rotatable bonds is 5. The van der Waals surface area contributed by atoms with Crippen molar-refractivity contribution in [2.75, 3.05) is 0 Å². The maximum absolute atomic E-state index is 10.9. The summed E-state index contributed by atoms with van der Waals surface area (Å²) in [5.74, 6) is -1.46. The number of carboxylic acids is 1. The summed E-state index contributed by atoms with van der Waals surface area (Å²) in [5.41, 5.74) is 0. The van der Waals surface area contributed by atoms with Crippen molar-refractivity contribution in [1.29, 1.82) is 0 Å². The van der Waals surface area contributed by atoms with E-state index in [0.717, 1.165) is 12.8 Å². The zero-order chi connectivity index (χ0) is 8.85. The molecule has 1 unspecified atom stereocenters. The minimum Gasteiger partial charge on any atom is -0.480 e. The first-order valence-corrected chi connectivity index (χ1v) is 4.04. The molecule has 0 heterocycles. The molecule has 0 radical (unpaired) electrons. The highest BCUT2D eigenvalue weighted by atomic mass is 32.1. The van der Waals surface area contributed by atoms with Crippen molar-refractivity contribution in [3.63, 3.8) is 0 Å². The van der Waals surface area contributed by atoms with Gasteiger partial charge in [0.25, 0.3) is 0 Å². The quantitative estimate of drug-likeness (QED) is 0.487. The Hall–Kier alpha value is -0.510. The van der Waals surface area contributed by atoms with Gasteiger partial charge in [-0.05, 0) is 6.42 Å². The van der Waals surface area contributed by atoms with Crippen molar-refractivity contribution in [3.8, 4) is 0 Å². The van der Waals surface area contributed by atoms with Gasteiger partial charge >= 0.3 is 5.97 Å². The van der Waals surface area contributed by atoms with Gasteiger partial charge in [0.05, 0.1) is 0 Å². The first-order chi connectivity index (χ1) is 5.09. The number of carbonyl (C=O) groups is 2. The number of hydrogen-bond acceptors (Lipinski definition) is 3. The molecule has 1 atom stereocenters. The van der Waals surface area contributed by atoms with Crippen LogP contribution in [0.5, 0.6) is 0 Å². The van der Waals surface area contributed by atoms with Gasteiger partial charge in [-0.2, -0.15) is 12.6 Å². The molecule has 0 aliphatic rings. The fourth-order valence-electron chi connectivity index (χ4n) is 0.625. The average Bonchev–Trinajstić information content (AvgIpc) is 1.98. The molecule has 0 saturated heterocycles. The number of unbranched alkanes of at least 4 members (excludes halogenated alkanes) is 1. The lowest BCUT2D eigenvalue weighted by molar-refractivity contribution is -0.139. The number of thiol groups is 1. The number of carbonyl (C=O) groups excluding carboxylic acids is 1. The molecule has 0 spiro atoms. The van der Waals surface area contributed by atoms with Crippen LogP contribution in [0.2, 0.25) is 0 Å². The van der Waals surface area contributed by atoms with E-state index < -0.39 is 11.2 Å². The van der Waals surface area contributed by atoms with Crippen LogP contribution in [0.25, 0.3) is 0 Å². The Kier molecular flexibility index (Phi) is 4.94. The van der Waals surface area contributed by atoms with Crippen molar-refractivity contribution in [2.45, 2.75) is 31.4 Å². The van der Waals surface area contributed by atoms with Crippen molar-refractivity contribution in [2.24, 2.45) is 0 Å². The summed E-state index contributed by atoms with van der Waals surface area (Å²) < 4.78 is 0. The van der Waals surface area contributed by atoms with E-state index in [4.69, 9.17) is 5.11 Å². The van der Waals surface area contributed by atoms with Crippen LogP contribution in [0.1, 0.15) is 26.2 Å². The van der Waals surface area contributed by atoms with Crippen molar-refractivity contribution in [3.05, 3.63) is 0 Å². The second kappa shape index (κ2) is 5.18. The van der Waals surface area contributed by atoms with Crippen molar-refractivity contribution >= 4 is 24.4 Å². The van der Waals surface area contributed by atoms with Gasteiger partial charge in [0.15, 0.2) is 11.0 Å². The van der Waals surface area contributed by atoms with Gasteiger partial charge in [-0.1, -0.05) is 13.3 Å². The number of carboxylic acid groups (broad SMARTS) is 1. The average molecular weight is 176 g/mol. The Balaban J connectivity index is 3.74. The second-order valence-electron chi connectivity index (χ2n) is 2.31. The van der Waals surface area contributed by atoms with Crippen LogP contribution in [0.3, 0.4) is 0 Å². The van der Waals surface area contributed by atoms with E-state index in [1.165, 1.54) is 0 Å². The molecule has 0 aliphatic heterocycles. The minimum absolute atomic E-state index is 0.303. The summed E-state index contributed by atoms with van der Waals surface area (Å²) in [6.45, 7) is 1.95. The van der Waals surface area contributed by atoms with E-state index in [1.54, 1.807) is 0 Å². The molecule has 0 amide bonds. The van der Waals surface area contributed by atoms with Crippen LogP contribution in [0.15, 0.2) is 0 Å². The molecule has 0 rings (SSSR count). The Morgan fingerprint density at radius 2 is 2.09 bits per heavy atom. The van der Waals surface area contributed by atoms with E-state index in [0.29, 0.717) is 6.42 Å². The third kappa shape index (κ3) is 4.03. The molecular weight excluding hydrogens is 164 g/mol. The number of hydrogen-bond donors (Lipinski definition) is 2. The SMILES string of the molecule is CCCCC(=O)C(S)C(=O)O. The van der Waals surface area contributed by atoms with Crippen LogP contribution in [0.4, 0.5) is 0 Å². The van der Waals surface area contributed by atoms with Gasteiger partial charge in [0.1, 0.15) is 0 Å². The maximum Gasteiger partial charge on any atom is 0.324 e. The zero-order valence-electron chi connectivity index (χ0n) is 6.41. The highest BCUT2D eigenvalue weighted by Crippen LogP contribution is 2.04. The molecule has 0 aromatic rings. The van der Waals surface area contributed by atoms with Gasteiger partial charge in [-0.25, -0.2) is 0 Å². The molecule has 0 aliphatic carbocycles. The molecule has 0 aromatic carbocycles. The van der Waals surface area contributed by atoms with Crippen molar-refractivity contribution in [1.82, 2.24) is 0 Å². The van der Waals surface area contributed by atoms with Gasteiger partial charge in [-0.15, -0.1) is 0 Å². The standard InChI is InChI=1S/C7H12O3S/c1-2-3-4-5(8)6(11)7(9)10/h6,11H,2-4H2,1H3,(H,9,10). The summed E-state index contributed by atoms with van der Waals surface area (Å²) >= 11 is 3.64. The Labute approximate surface area is 71.2 Å². The monoisotopic (exact) mass is 176 g/mol. The summed E-state index contributed by atoms with van der Waals surface area (Å²) in [6.07, 6.45) is 1.95. The van der Waals surface area contributed by atoms with Crippen LogP contribution >= 0.6 is 12.6 Å². The number of aliphatic carboxylic acids is 1. The van der Waals surface area contributed by atoms with Gasteiger partial charge < -0.3 is 5.11 Å². The molecular formula is C7H12O3S. The zero-order valence-corrected chi connectivity index (χ0v) is 7.30. The van der Waals surface area contributed by atoms with Gasteiger partial charge in [0.2, 0.25) is 0 Å². The first-order valence-electron chi connectivity index (χ1n) is 3.53. The highest BCUT2D eigenvalue weighted by molar-refractivity contribution is 7.82. The van der Waals surface area contributed by atoms with Crippen LogP contribution in [0, 0.1) is 0 Å². The summed E-state index contributed by atoms with van der Waals surface area (Å²) in [4.78, 5) is 21.1. The molecule has 64 valence electrons. The van der Waals surface area contributed by atoms with Gasteiger partial charge in [0, 0.05) is 6.42 Å². The van der Waals surface area contributed by atoms with Crippen molar-refractivity contribution < 1.29 is 14.7 Å². The third-order valence-corrected chi connectivity index (χ3v) is 1.82. The van der Waals surface area contributed by atoms with E-state index >= 15 is 0 Å². The molecule has 0 bridgehead atoms. The summed E-state index contributed by atoms with van der Waals surface area (Å²) in [6, 6.07) is 0. The lowest BCUT2D eigenvalue weighted by atomic mass is 10.1. The van der Waals surface area contributed by atoms with E-state index in [2.05, 4.69) is 12.6 Å². The summed E-state index contributed by atoms with van der Waals surface area (Å²) in [5, 5.41) is 7.22. The maximum atomic E-state index is 10.9. The largest absolute Gasteiger partial charge is 0.480 e. The molecule has 0 saturated carbocycles. The molecule has 4 heteroatoms. The molecule has 0 aromatic heterocycles. The van der Waals surface area contributed by atoms with Crippen LogP contribution in [-0.4, -0.2) is 22.1 Å². The number of Topliss-reactive ketones (excluding diaryl/α,β-unsaturated/α-hetero) is 1. The fraction of sp³-hybridized carbons (Fsp3) is 0.714. The third-order valence-electron chi connectivity index (χ3n) is 1.32. The lowest BCUT2D eigenvalue weighted by Gasteiger charge is -2.02. The fourth-order valence-corrected chi connectivity index (χ4v) is 0.755. The first kappa shape index (κ1) is 10.5. The molecule has 3 nitrogen and oxygen atoms in total. The summed E-state index contributed by atoms with van der Waals surface area (Å²) in [7, 11) is 0. The Morgan fingerprint density at radius 1 is 1.55 bits per heavy atom. The minimum atomic E-state index is -1.16. The normalized spacial score (nSPS) is 12.5. The molecule has 0 fully saturated rings. The molecule has 11 heavy (non-hydrogen) atoms.